The van der Waals surface area contributed by atoms with E-state index in [1.807, 2.05) is 19.1 Å². The molecule has 0 atom stereocenters. The van der Waals surface area contributed by atoms with Crippen LogP contribution in [-0.4, -0.2) is 51.4 Å². The summed E-state index contributed by atoms with van der Waals surface area (Å²) in [7, 11) is 0. The van der Waals surface area contributed by atoms with Crippen molar-refractivity contribution in [2.24, 2.45) is 0 Å². The molecule has 134 valence electrons. The first-order valence-corrected chi connectivity index (χ1v) is 7.07. The van der Waals surface area contributed by atoms with Crippen molar-refractivity contribution < 1.29 is 27.5 Å². The lowest BCUT2D eigenvalue weighted by atomic mass is 10.1. The highest BCUT2D eigenvalue weighted by molar-refractivity contribution is 5.80. The van der Waals surface area contributed by atoms with Crippen molar-refractivity contribution in [3.05, 3.63) is 29.8 Å². The molecule has 0 saturated heterocycles. The van der Waals surface area contributed by atoms with Gasteiger partial charge in [0.05, 0.1) is 0 Å². The Bertz CT molecular complexity index is 743. The summed E-state index contributed by atoms with van der Waals surface area (Å²) in [6.07, 6.45) is -4.53. The van der Waals surface area contributed by atoms with Gasteiger partial charge < -0.3 is 10.1 Å². The van der Waals surface area contributed by atoms with Crippen molar-refractivity contribution in [1.82, 2.24) is 25.5 Å². The van der Waals surface area contributed by atoms with Crippen LogP contribution in [0.25, 0.3) is 11.4 Å². The smallest absolute Gasteiger partial charge is 0.405 e. The average Bonchev–Trinajstić information content (AvgIpc) is 2.99. The Morgan fingerprint density at radius 3 is 2.56 bits per heavy atom. The minimum Gasteiger partial charge on any atom is -0.454 e. The number of benzene rings is 1. The van der Waals surface area contributed by atoms with Gasteiger partial charge in [-0.15, -0.1) is 10.2 Å². The van der Waals surface area contributed by atoms with Crippen LogP contribution < -0.4 is 5.32 Å². The zero-order valence-corrected chi connectivity index (χ0v) is 13.1. The van der Waals surface area contributed by atoms with E-state index in [1.165, 1.54) is 0 Å². The van der Waals surface area contributed by atoms with Gasteiger partial charge in [0.2, 0.25) is 5.82 Å². The number of rotatable bonds is 6. The minimum atomic E-state index is -4.53. The monoisotopic (exact) mass is 357 g/mol. The van der Waals surface area contributed by atoms with Crippen molar-refractivity contribution in [2.45, 2.75) is 19.6 Å². The number of aryl methyl sites for hydroxylation is 1. The van der Waals surface area contributed by atoms with Crippen LogP contribution in [0.2, 0.25) is 0 Å². The largest absolute Gasteiger partial charge is 0.454 e. The fourth-order valence-electron chi connectivity index (χ4n) is 1.69. The number of amides is 1. The maximum Gasteiger partial charge on any atom is 0.405 e. The highest BCUT2D eigenvalue weighted by atomic mass is 19.4. The lowest BCUT2D eigenvalue weighted by Gasteiger charge is -2.08. The van der Waals surface area contributed by atoms with Gasteiger partial charge in [-0.1, -0.05) is 29.8 Å². The third-order valence-corrected chi connectivity index (χ3v) is 2.88. The first-order valence-electron chi connectivity index (χ1n) is 7.07. The second-order valence-electron chi connectivity index (χ2n) is 5.06. The number of ether oxygens (including phenoxy) is 1. The number of carbonyl (C=O) groups is 2. The molecule has 1 heterocycles. The number of esters is 1. The van der Waals surface area contributed by atoms with E-state index in [1.54, 1.807) is 17.4 Å². The number of carbonyl (C=O) groups excluding carboxylic acids is 2. The normalized spacial score (nSPS) is 11.2. The van der Waals surface area contributed by atoms with Crippen molar-refractivity contribution in [3.63, 3.8) is 0 Å². The summed E-state index contributed by atoms with van der Waals surface area (Å²) in [5.41, 5.74) is 1.76. The van der Waals surface area contributed by atoms with Crippen LogP contribution >= 0.6 is 0 Å². The van der Waals surface area contributed by atoms with Gasteiger partial charge in [0.25, 0.3) is 5.91 Å². The lowest BCUT2D eigenvalue weighted by molar-refractivity contribution is -0.152. The number of hydrogen-bond acceptors (Lipinski definition) is 6. The molecule has 1 N–H and O–H groups in total. The van der Waals surface area contributed by atoms with Crippen LogP contribution in [0.5, 0.6) is 0 Å². The Balaban J connectivity index is 1.81. The first kappa shape index (κ1) is 18.4. The van der Waals surface area contributed by atoms with E-state index < -0.39 is 37.7 Å². The van der Waals surface area contributed by atoms with E-state index in [-0.39, 0.29) is 0 Å². The van der Waals surface area contributed by atoms with Crippen molar-refractivity contribution in [1.29, 1.82) is 0 Å². The van der Waals surface area contributed by atoms with Gasteiger partial charge in [-0.05, 0) is 12.1 Å². The van der Waals surface area contributed by atoms with Crippen LogP contribution in [0.1, 0.15) is 5.56 Å². The highest BCUT2D eigenvalue weighted by Gasteiger charge is 2.27. The summed E-state index contributed by atoms with van der Waals surface area (Å²) in [4.78, 5) is 23.6. The maximum absolute atomic E-state index is 11.9. The molecule has 0 aliphatic heterocycles. The highest BCUT2D eigenvalue weighted by Crippen LogP contribution is 2.14. The van der Waals surface area contributed by atoms with E-state index in [2.05, 4.69) is 20.1 Å². The van der Waals surface area contributed by atoms with E-state index >= 15 is 0 Å². The van der Waals surface area contributed by atoms with Gasteiger partial charge in [-0.2, -0.15) is 18.0 Å². The molecule has 11 heteroatoms. The number of nitrogens with zero attached hydrogens (tertiary/aromatic N) is 4. The summed E-state index contributed by atoms with van der Waals surface area (Å²) < 4.78 is 40.3. The number of alkyl halides is 3. The fourth-order valence-corrected chi connectivity index (χ4v) is 1.69. The predicted molar refractivity (Wildman–Crippen MR) is 78.0 cm³/mol. The van der Waals surface area contributed by atoms with Crippen LogP contribution in [-0.2, 0) is 20.9 Å². The molecule has 8 nitrogen and oxygen atoms in total. The number of tetrazole rings is 1. The van der Waals surface area contributed by atoms with E-state index in [0.717, 1.165) is 10.4 Å². The van der Waals surface area contributed by atoms with Gasteiger partial charge >= 0.3 is 12.1 Å². The van der Waals surface area contributed by atoms with Gasteiger partial charge in [-0.3, -0.25) is 4.79 Å². The first-order chi connectivity index (χ1) is 11.7. The second kappa shape index (κ2) is 7.73. The lowest BCUT2D eigenvalue weighted by Crippen LogP contribution is -2.36. The molecule has 1 aromatic heterocycles. The third-order valence-electron chi connectivity index (χ3n) is 2.88. The standard InChI is InChI=1S/C14H14F3N5O3/c1-9-2-4-10(5-3-9)13-19-21-22(20-13)6-12(24)25-7-11(23)18-8-14(15,16)17/h2-5H,6-8H2,1H3,(H,18,23). The summed E-state index contributed by atoms with van der Waals surface area (Å²) in [6, 6.07) is 7.31. The Morgan fingerprint density at radius 2 is 1.92 bits per heavy atom. The number of nitrogens with one attached hydrogen (secondary N) is 1. The zero-order chi connectivity index (χ0) is 18.4. The molecule has 1 aromatic carbocycles. The molecule has 2 aromatic rings. The van der Waals surface area contributed by atoms with Crippen LogP contribution in [0, 0.1) is 6.92 Å². The molecule has 0 aliphatic rings. The molecule has 0 aliphatic carbocycles. The maximum atomic E-state index is 11.9. The molecule has 0 unspecified atom stereocenters. The molecule has 0 saturated carbocycles. The molecular weight excluding hydrogens is 343 g/mol. The molecule has 0 bridgehead atoms. The predicted octanol–water partition coefficient (Wildman–Crippen LogP) is 0.870. The molecule has 0 spiro atoms. The fraction of sp³-hybridized carbons (Fsp3) is 0.357. The summed E-state index contributed by atoms with van der Waals surface area (Å²) in [5, 5.41) is 13.0. The van der Waals surface area contributed by atoms with Crippen LogP contribution in [0.3, 0.4) is 0 Å². The molecule has 25 heavy (non-hydrogen) atoms. The van der Waals surface area contributed by atoms with Gasteiger partial charge in [-0.25, -0.2) is 4.79 Å². The summed E-state index contributed by atoms with van der Waals surface area (Å²) >= 11 is 0. The average molecular weight is 357 g/mol. The topological polar surface area (TPSA) is 99.0 Å². The SMILES string of the molecule is Cc1ccc(-c2nnn(CC(=O)OCC(=O)NCC(F)(F)F)n2)cc1. The third kappa shape index (κ3) is 6.20. The minimum absolute atomic E-state index is 0.302. The summed E-state index contributed by atoms with van der Waals surface area (Å²) in [5.74, 6) is -1.64. The van der Waals surface area contributed by atoms with Gasteiger partial charge in [0, 0.05) is 5.56 Å². The molecular formula is C14H14F3N5O3. The van der Waals surface area contributed by atoms with Crippen LogP contribution in [0.4, 0.5) is 13.2 Å². The van der Waals surface area contributed by atoms with E-state index in [4.69, 9.17) is 0 Å². The summed E-state index contributed by atoms with van der Waals surface area (Å²) in [6.45, 7) is -0.817. The Morgan fingerprint density at radius 1 is 1.24 bits per heavy atom. The van der Waals surface area contributed by atoms with Crippen molar-refractivity contribution in [2.75, 3.05) is 13.2 Å². The zero-order valence-electron chi connectivity index (χ0n) is 13.1. The van der Waals surface area contributed by atoms with Crippen LogP contribution in [0.15, 0.2) is 24.3 Å². The van der Waals surface area contributed by atoms with E-state index in [0.29, 0.717) is 11.4 Å². The Labute approximate surface area is 140 Å². The molecule has 0 radical (unpaired) electrons. The molecule has 2 rings (SSSR count). The Hall–Kier alpha value is -2.98. The number of aromatic nitrogens is 4. The Kier molecular flexibility index (Phi) is 5.67. The van der Waals surface area contributed by atoms with Gasteiger partial charge in [0.15, 0.2) is 13.2 Å². The van der Waals surface area contributed by atoms with E-state index in [9.17, 15) is 22.8 Å². The second-order valence-corrected chi connectivity index (χ2v) is 5.06. The van der Waals surface area contributed by atoms with Gasteiger partial charge in [0.1, 0.15) is 6.54 Å². The number of halogens is 3. The quantitative estimate of drug-likeness (QED) is 0.771. The molecule has 0 fully saturated rings. The molecule has 1 amide bonds. The van der Waals surface area contributed by atoms with Crippen molar-refractivity contribution in [3.8, 4) is 11.4 Å². The van der Waals surface area contributed by atoms with Crippen molar-refractivity contribution >= 4 is 11.9 Å². The number of hydrogen-bond donors (Lipinski definition) is 1.